The van der Waals surface area contributed by atoms with Gasteiger partial charge in [0.05, 0.1) is 17.3 Å². The number of aryl methyl sites for hydroxylation is 2. The second-order valence-corrected chi connectivity index (χ2v) is 8.83. The third-order valence-corrected chi connectivity index (χ3v) is 6.82. The Morgan fingerprint density at radius 2 is 1.90 bits per heavy atom. The van der Waals surface area contributed by atoms with Gasteiger partial charge in [-0.3, -0.25) is 9.48 Å². The highest BCUT2D eigenvalue weighted by Crippen LogP contribution is 2.34. The third kappa shape index (κ3) is 3.87. The maximum atomic E-state index is 13.1. The summed E-state index contributed by atoms with van der Waals surface area (Å²) >= 11 is 5.97. The van der Waals surface area contributed by atoms with Crippen molar-refractivity contribution in [2.45, 2.75) is 64.3 Å². The summed E-state index contributed by atoms with van der Waals surface area (Å²) in [5.74, 6) is 0.0846. The van der Waals surface area contributed by atoms with Gasteiger partial charge < -0.3 is 10.0 Å². The minimum atomic E-state index is -0.909. The zero-order chi connectivity index (χ0) is 21.5. The molecule has 2 fully saturated rings. The Morgan fingerprint density at radius 3 is 2.50 bits per heavy atom. The predicted molar refractivity (Wildman–Crippen MR) is 116 cm³/mol. The van der Waals surface area contributed by atoms with Gasteiger partial charge in [-0.2, -0.15) is 5.10 Å². The molecule has 3 N–H and O–H groups in total. The number of hydrogen-bond acceptors (Lipinski definition) is 5. The minimum Gasteiger partial charge on any atom is -0.385 e. The Hall–Kier alpha value is -1.93. The molecule has 0 saturated carbocycles. The molecule has 1 aromatic heterocycles. The monoisotopic (exact) mass is 431 g/mol. The molecule has 0 spiro atoms. The van der Waals surface area contributed by atoms with Crippen molar-refractivity contribution in [3.63, 3.8) is 0 Å². The molecule has 2 aliphatic heterocycles. The van der Waals surface area contributed by atoms with E-state index in [1.807, 2.05) is 28.6 Å². The fourth-order valence-corrected chi connectivity index (χ4v) is 4.92. The van der Waals surface area contributed by atoms with Crippen LogP contribution in [0.1, 0.15) is 54.7 Å². The number of carbonyl (C=O) groups is 1. The lowest BCUT2D eigenvalue weighted by Gasteiger charge is -2.39. The van der Waals surface area contributed by atoms with E-state index in [4.69, 9.17) is 11.6 Å². The average Bonchev–Trinajstić information content (AvgIpc) is 3.32. The van der Waals surface area contributed by atoms with Gasteiger partial charge in [-0.1, -0.05) is 23.7 Å². The van der Waals surface area contributed by atoms with E-state index >= 15 is 0 Å². The molecule has 4 rings (SSSR count). The number of rotatable bonds is 4. The summed E-state index contributed by atoms with van der Waals surface area (Å²) in [4.78, 5) is 15.0. The molecule has 2 aliphatic rings. The Bertz CT molecular complexity index is 918. The number of amides is 1. The van der Waals surface area contributed by atoms with Gasteiger partial charge in [-0.05, 0) is 57.7 Å². The van der Waals surface area contributed by atoms with Crippen LogP contribution in [0, 0.1) is 13.8 Å². The van der Waals surface area contributed by atoms with E-state index in [2.05, 4.69) is 29.8 Å². The molecule has 3 heterocycles. The molecule has 1 aromatic carbocycles. The van der Waals surface area contributed by atoms with Gasteiger partial charge in [0, 0.05) is 35.9 Å². The van der Waals surface area contributed by atoms with Crippen molar-refractivity contribution in [2.75, 3.05) is 13.1 Å². The first-order valence-corrected chi connectivity index (χ1v) is 11.0. The molecule has 2 aromatic rings. The van der Waals surface area contributed by atoms with Gasteiger partial charge in [0.1, 0.15) is 6.04 Å². The summed E-state index contributed by atoms with van der Waals surface area (Å²) in [5.41, 5.74) is 9.77. The quantitative estimate of drug-likeness (QED) is 0.693. The topological polar surface area (TPSA) is 82.4 Å². The number of nitrogens with zero attached hydrogens (tertiary/aromatic N) is 3. The van der Waals surface area contributed by atoms with E-state index in [1.54, 1.807) is 12.1 Å². The highest BCUT2D eigenvalue weighted by molar-refractivity contribution is 6.30. The lowest BCUT2D eigenvalue weighted by Crippen LogP contribution is -2.51. The molecular weight excluding hydrogens is 402 g/mol. The number of halogens is 1. The van der Waals surface area contributed by atoms with Crippen LogP contribution >= 0.6 is 11.6 Å². The molecule has 7 nitrogen and oxygen atoms in total. The number of carbonyl (C=O) groups excluding carboxylic acids is 1. The third-order valence-electron chi connectivity index (χ3n) is 6.57. The fraction of sp³-hybridized carbons (Fsp3) is 0.545. The predicted octanol–water partition coefficient (Wildman–Crippen LogP) is 2.59. The van der Waals surface area contributed by atoms with Crippen molar-refractivity contribution < 1.29 is 9.90 Å². The molecule has 0 bridgehead atoms. The zero-order valence-electron chi connectivity index (χ0n) is 17.8. The maximum absolute atomic E-state index is 13.1. The van der Waals surface area contributed by atoms with Crippen molar-refractivity contribution in [1.29, 1.82) is 0 Å². The highest BCUT2D eigenvalue weighted by atomic mass is 35.5. The molecule has 30 heavy (non-hydrogen) atoms. The van der Waals surface area contributed by atoms with Gasteiger partial charge in [-0.15, -0.1) is 0 Å². The Balaban J connectivity index is 1.38. The number of aliphatic hydroxyl groups is 1. The second kappa shape index (κ2) is 8.30. The number of benzene rings is 1. The van der Waals surface area contributed by atoms with E-state index in [-0.39, 0.29) is 18.0 Å². The maximum Gasteiger partial charge on any atom is 0.241 e. The van der Waals surface area contributed by atoms with Gasteiger partial charge in [-0.25, -0.2) is 10.9 Å². The fourth-order valence-electron chi connectivity index (χ4n) is 4.80. The Morgan fingerprint density at radius 1 is 1.23 bits per heavy atom. The first kappa shape index (κ1) is 21.3. The van der Waals surface area contributed by atoms with Crippen LogP contribution in [-0.2, 0) is 16.9 Å². The van der Waals surface area contributed by atoms with E-state index in [9.17, 15) is 9.90 Å². The Labute approximate surface area is 182 Å². The van der Waals surface area contributed by atoms with Crippen LogP contribution in [0.3, 0.4) is 0 Å². The van der Waals surface area contributed by atoms with Crippen LogP contribution in [0.2, 0.25) is 5.02 Å². The van der Waals surface area contributed by atoms with E-state index in [0.29, 0.717) is 37.4 Å². The molecule has 1 amide bonds. The van der Waals surface area contributed by atoms with Gasteiger partial charge in [0.15, 0.2) is 0 Å². The van der Waals surface area contributed by atoms with E-state index in [1.165, 1.54) is 5.56 Å². The van der Waals surface area contributed by atoms with E-state index < -0.39 is 5.60 Å². The van der Waals surface area contributed by atoms with Crippen LogP contribution in [0.5, 0.6) is 0 Å². The first-order chi connectivity index (χ1) is 14.3. The Kier molecular flexibility index (Phi) is 5.90. The molecule has 2 atom stereocenters. The van der Waals surface area contributed by atoms with Crippen LogP contribution < -0.4 is 10.9 Å². The molecule has 0 radical (unpaired) electrons. The van der Waals surface area contributed by atoms with Crippen molar-refractivity contribution in [3.05, 3.63) is 51.8 Å². The van der Waals surface area contributed by atoms with E-state index in [0.717, 1.165) is 23.5 Å². The van der Waals surface area contributed by atoms with Crippen molar-refractivity contribution >= 4 is 17.5 Å². The molecular formula is C22H30ClN5O2. The number of piperidine rings is 1. The molecule has 8 heteroatoms. The largest absolute Gasteiger partial charge is 0.385 e. The summed E-state index contributed by atoms with van der Waals surface area (Å²) in [7, 11) is 0. The number of hydrogen-bond donors (Lipinski definition) is 3. The minimum absolute atomic E-state index is 0.0649. The van der Waals surface area contributed by atoms with Gasteiger partial charge in [0.2, 0.25) is 5.91 Å². The molecule has 0 aliphatic carbocycles. The van der Waals surface area contributed by atoms with Gasteiger partial charge in [0.25, 0.3) is 0 Å². The van der Waals surface area contributed by atoms with Crippen molar-refractivity contribution in [1.82, 2.24) is 25.5 Å². The van der Waals surface area contributed by atoms with Gasteiger partial charge >= 0.3 is 0 Å². The molecule has 162 valence electrons. The molecule has 2 unspecified atom stereocenters. The summed E-state index contributed by atoms with van der Waals surface area (Å²) < 4.78 is 2.00. The first-order valence-electron chi connectivity index (χ1n) is 10.6. The second-order valence-electron chi connectivity index (χ2n) is 8.39. The summed E-state index contributed by atoms with van der Waals surface area (Å²) in [6.07, 6.45) is 1.73. The normalized spacial score (nSPS) is 23.7. The van der Waals surface area contributed by atoms with Crippen LogP contribution in [-0.4, -0.2) is 44.8 Å². The lowest BCUT2D eigenvalue weighted by atomic mass is 9.84. The SMILES string of the molecule is CCn1nc(C)c(C2CC(C(=O)N3CCC(O)(c4ccc(Cl)cc4)CC3)NN2)c1C. The molecule has 2 saturated heterocycles. The number of hydrazine groups is 1. The number of nitrogens with one attached hydrogen (secondary N) is 2. The summed E-state index contributed by atoms with van der Waals surface area (Å²) in [5, 5.41) is 16.3. The number of aromatic nitrogens is 2. The van der Waals surface area contributed by atoms with Crippen molar-refractivity contribution in [2.24, 2.45) is 0 Å². The van der Waals surface area contributed by atoms with Crippen LogP contribution in [0.4, 0.5) is 0 Å². The number of likely N-dealkylation sites (tertiary alicyclic amines) is 1. The summed E-state index contributed by atoms with van der Waals surface area (Å²) in [6, 6.07) is 7.12. The van der Waals surface area contributed by atoms with Crippen LogP contribution in [0.15, 0.2) is 24.3 Å². The summed E-state index contributed by atoms with van der Waals surface area (Å²) in [6.45, 7) is 8.08. The smallest absolute Gasteiger partial charge is 0.241 e. The average molecular weight is 432 g/mol. The zero-order valence-corrected chi connectivity index (χ0v) is 18.5. The van der Waals surface area contributed by atoms with Crippen molar-refractivity contribution in [3.8, 4) is 0 Å². The lowest BCUT2D eigenvalue weighted by molar-refractivity contribution is -0.137. The highest BCUT2D eigenvalue weighted by Gasteiger charge is 2.39. The standard InChI is InChI=1S/C22H30ClN5O2/c1-4-28-15(3)20(14(2)26-28)18-13-19(25-24-18)21(29)27-11-9-22(30,10-12-27)16-5-7-17(23)8-6-16/h5-8,18-19,24-25,30H,4,9-13H2,1-3H3. The van der Waals surface area contributed by atoms with Crippen LogP contribution in [0.25, 0.3) is 0 Å².